The highest BCUT2D eigenvalue weighted by molar-refractivity contribution is 6.17. The summed E-state index contributed by atoms with van der Waals surface area (Å²) < 4.78 is 2.29. The fourth-order valence-electron chi connectivity index (χ4n) is 3.78. The van der Waals surface area contributed by atoms with Crippen molar-refractivity contribution in [3.8, 4) is 16.9 Å². The van der Waals surface area contributed by atoms with Gasteiger partial charge in [0.15, 0.2) is 0 Å². The molecule has 0 bridgehead atoms. The zero-order valence-electron chi connectivity index (χ0n) is 17.2. The summed E-state index contributed by atoms with van der Waals surface area (Å²) in [5.74, 6) is 0.0619. The van der Waals surface area contributed by atoms with Gasteiger partial charge in [-0.2, -0.15) is 5.10 Å². The minimum Gasteiger partial charge on any atom is -0.369 e. The first-order valence-electron chi connectivity index (χ1n) is 9.99. The van der Waals surface area contributed by atoms with E-state index in [0.29, 0.717) is 0 Å². The lowest BCUT2D eigenvalue weighted by Crippen LogP contribution is -2.22. The van der Waals surface area contributed by atoms with Crippen LogP contribution in [0.15, 0.2) is 95.1 Å². The van der Waals surface area contributed by atoms with E-state index in [9.17, 15) is 0 Å². The topological polar surface area (TPSA) is 81.7 Å². The number of guanidine groups is 1. The SMILES string of the molecule is CC(C)C(=NN=C(N)N)c1c(-c2ccccc2)n(-c2ccccc2)c2ccccc12. The first-order chi connectivity index (χ1) is 14.6. The number of para-hydroxylation sites is 2. The number of benzene rings is 3. The summed E-state index contributed by atoms with van der Waals surface area (Å²) in [4.78, 5) is 0. The molecule has 3 aromatic carbocycles. The summed E-state index contributed by atoms with van der Waals surface area (Å²) in [6.07, 6.45) is 0. The lowest BCUT2D eigenvalue weighted by Gasteiger charge is -2.15. The molecule has 0 spiro atoms. The fourth-order valence-corrected chi connectivity index (χ4v) is 3.78. The molecule has 30 heavy (non-hydrogen) atoms. The van der Waals surface area contributed by atoms with Gasteiger partial charge < -0.3 is 16.0 Å². The molecule has 0 saturated carbocycles. The van der Waals surface area contributed by atoms with Crippen molar-refractivity contribution < 1.29 is 0 Å². The maximum Gasteiger partial charge on any atom is 0.211 e. The van der Waals surface area contributed by atoms with Gasteiger partial charge in [0.1, 0.15) is 0 Å². The van der Waals surface area contributed by atoms with Crippen LogP contribution in [-0.2, 0) is 0 Å². The van der Waals surface area contributed by atoms with Gasteiger partial charge in [0, 0.05) is 16.6 Å². The van der Waals surface area contributed by atoms with Crippen LogP contribution >= 0.6 is 0 Å². The van der Waals surface area contributed by atoms with Gasteiger partial charge in [-0.1, -0.05) is 80.6 Å². The Kier molecular flexibility index (Phi) is 5.35. The number of rotatable bonds is 5. The van der Waals surface area contributed by atoms with Crippen LogP contribution in [0.3, 0.4) is 0 Å². The van der Waals surface area contributed by atoms with E-state index < -0.39 is 0 Å². The summed E-state index contributed by atoms with van der Waals surface area (Å²) in [7, 11) is 0. The minimum absolute atomic E-state index is 0.0544. The van der Waals surface area contributed by atoms with Crippen molar-refractivity contribution in [3.63, 3.8) is 0 Å². The Morgan fingerprint density at radius 2 is 1.37 bits per heavy atom. The van der Waals surface area contributed by atoms with E-state index in [1.54, 1.807) is 0 Å². The Labute approximate surface area is 176 Å². The molecule has 4 N–H and O–H groups in total. The van der Waals surface area contributed by atoms with E-state index in [4.69, 9.17) is 11.5 Å². The van der Waals surface area contributed by atoms with Crippen LogP contribution in [0.1, 0.15) is 19.4 Å². The molecular formula is C25H25N5. The highest BCUT2D eigenvalue weighted by Gasteiger charge is 2.24. The Morgan fingerprint density at radius 3 is 2.00 bits per heavy atom. The predicted octanol–water partition coefficient (Wildman–Crippen LogP) is 4.93. The molecule has 5 nitrogen and oxygen atoms in total. The molecule has 1 heterocycles. The van der Waals surface area contributed by atoms with Crippen molar-refractivity contribution in [3.05, 3.63) is 90.5 Å². The van der Waals surface area contributed by atoms with E-state index in [2.05, 4.69) is 89.3 Å². The lowest BCUT2D eigenvalue weighted by atomic mass is 9.94. The minimum atomic E-state index is -0.0544. The van der Waals surface area contributed by atoms with Gasteiger partial charge in [0.05, 0.1) is 16.9 Å². The monoisotopic (exact) mass is 395 g/mol. The first-order valence-corrected chi connectivity index (χ1v) is 9.99. The second-order valence-electron chi connectivity index (χ2n) is 7.44. The van der Waals surface area contributed by atoms with Crippen LogP contribution in [0.2, 0.25) is 0 Å². The van der Waals surface area contributed by atoms with Crippen LogP contribution in [0.25, 0.3) is 27.8 Å². The number of fused-ring (bicyclic) bond motifs is 1. The van der Waals surface area contributed by atoms with Crippen LogP contribution in [0.5, 0.6) is 0 Å². The van der Waals surface area contributed by atoms with E-state index >= 15 is 0 Å². The van der Waals surface area contributed by atoms with Crippen molar-refractivity contribution >= 4 is 22.6 Å². The van der Waals surface area contributed by atoms with Gasteiger partial charge in [0.25, 0.3) is 0 Å². The molecular weight excluding hydrogens is 370 g/mol. The molecule has 4 rings (SSSR count). The zero-order chi connectivity index (χ0) is 21.1. The lowest BCUT2D eigenvalue weighted by molar-refractivity contribution is 0.876. The number of nitrogens with zero attached hydrogens (tertiary/aromatic N) is 3. The van der Waals surface area contributed by atoms with Crippen molar-refractivity contribution in [2.75, 3.05) is 0 Å². The molecule has 4 aromatic rings. The Morgan fingerprint density at radius 1 is 0.767 bits per heavy atom. The standard InChI is InChI=1S/C25H25N5/c1-17(2)23(28-29-25(26)27)22-20-15-9-10-16-21(20)30(19-13-7-4-8-14-19)24(22)18-11-5-3-6-12-18/h3-17H,1-2H3,(H4,26,27,29). The van der Waals surface area contributed by atoms with Crippen molar-refractivity contribution in [1.29, 1.82) is 0 Å². The van der Waals surface area contributed by atoms with Crippen LogP contribution in [-0.4, -0.2) is 16.2 Å². The molecule has 150 valence electrons. The van der Waals surface area contributed by atoms with Gasteiger partial charge in [-0.15, -0.1) is 5.10 Å². The van der Waals surface area contributed by atoms with Crippen LogP contribution in [0, 0.1) is 5.92 Å². The van der Waals surface area contributed by atoms with Crippen LogP contribution in [0.4, 0.5) is 0 Å². The first kappa shape index (κ1) is 19.5. The molecule has 0 saturated heterocycles. The molecule has 0 unspecified atom stereocenters. The summed E-state index contributed by atoms with van der Waals surface area (Å²) >= 11 is 0. The Balaban J connectivity index is 2.18. The van der Waals surface area contributed by atoms with E-state index in [-0.39, 0.29) is 11.9 Å². The second-order valence-corrected chi connectivity index (χ2v) is 7.44. The van der Waals surface area contributed by atoms with Gasteiger partial charge >= 0.3 is 0 Å². The summed E-state index contributed by atoms with van der Waals surface area (Å²) in [6.45, 7) is 4.20. The number of nitrogens with two attached hydrogens (primary N) is 2. The maximum absolute atomic E-state index is 5.59. The third-order valence-corrected chi connectivity index (χ3v) is 5.01. The predicted molar refractivity (Wildman–Crippen MR) is 126 cm³/mol. The van der Waals surface area contributed by atoms with Gasteiger partial charge in [-0.3, -0.25) is 0 Å². The maximum atomic E-state index is 5.59. The van der Waals surface area contributed by atoms with Gasteiger partial charge in [-0.25, -0.2) is 0 Å². The molecule has 0 atom stereocenters. The molecule has 1 aromatic heterocycles. The van der Waals surface area contributed by atoms with E-state index in [1.807, 2.05) is 24.3 Å². The fraction of sp³-hybridized carbons (Fsp3) is 0.120. The largest absolute Gasteiger partial charge is 0.369 e. The van der Waals surface area contributed by atoms with Crippen LogP contribution < -0.4 is 11.5 Å². The Bertz CT molecular complexity index is 1210. The highest BCUT2D eigenvalue weighted by atomic mass is 15.3. The summed E-state index contributed by atoms with van der Waals surface area (Å²) in [5.41, 5.74) is 17.4. The normalized spacial score (nSPS) is 11.8. The number of hydrogen-bond acceptors (Lipinski definition) is 2. The molecule has 0 radical (unpaired) electrons. The Hall–Kier alpha value is -3.86. The highest BCUT2D eigenvalue weighted by Crippen LogP contribution is 2.38. The average Bonchev–Trinajstić information content (AvgIpc) is 3.10. The van der Waals surface area contributed by atoms with Gasteiger partial charge in [0.2, 0.25) is 5.96 Å². The summed E-state index contributed by atoms with van der Waals surface area (Å²) in [5, 5.41) is 9.58. The number of aromatic nitrogens is 1. The van der Waals surface area contributed by atoms with E-state index in [1.165, 1.54) is 0 Å². The van der Waals surface area contributed by atoms with Gasteiger partial charge in [-0.05, 0) is 29.7 Å². The molecule has 0 aliphatic rings. The smallest absolute Gasteiger partial charge is 0.211 e. The summed E-state index contributed by atoms with van der Waals surface area (Å²) in [6, 6.07) is 29.1. The van der Waals surface area contributed by atoms with Crippen molar-refractivity contribution in [2.45, 2.75) is 13.8 Å². The molecule has 5 heteroatoms. The quantitative estimate of drug-likeness (QED) is 0.285. The molecule has 0 fully saturated rings. The molecule has 0 amide bonds. The molecule has 0 aliphatic carbocycles. The van der Waals surface area contributed by atoms with E-state index in [0.717, 1.165) is 39.1 Å². The van der Waals surface area contributed by atoms with Crippen molar-refractivity contribution in [1.82, 2.24) is 4.57 Å². The average molecular weight is 396 g/mol. The second kappa shape index (κ2) is 8.25. The zero-order valence-corrected chi connectivity index (χ0v) is 17.2. The van der Waals surface area contributed by atoms with Crippen molar-refractivity contribution in [2.24, 2.45) is 27.6 Å². The third-order valence-electron chi connectivity index (χ3n) is 5.01. The molecule has 0 aliphatic heterocycles. The number of hydrogen-bond donors (Lipinski definition) is 2. The third kappa shape index (κ3) is 3.57.